The highest BCUT2D eigenvalue weighted by Crippen LogP contribution is 2.25. The second kappa shape index (κ2) is 3.09. The largest absolute Gasteiger partial charge is 0.478 e. The molecule has 13 heavy (non-hydrogen) atoms. The van der Waals surface area contributed by atoms with E-state index in [-0.39, 0.29) is 11.3 Å². The molecule has 0 saturated carbocycles. The summed E-state index contributed by atoms with van der Waals surface area (Å²) in [5, 5.41) is 14.0. The van der Waals surface area contributed by atoms with Gasteiger partial charge in [0.15, 0.2) is 10.3 Å². The van der Waals surface area contributed by atoms with Gasteiger partial charge in [0.25, 0.3) is 0 Å². The second-order valence-corrected chi connectivity index (χ2v) is 2.93. The first-order valence-electron chi connectivity index (χ1n) is 2.89. The van der Waals surface area contributed by atoms with Crippen LogP contribution in [0.3, 0.4) is 0 Å². The van der Waals surface area contributed by atoms with E-state index in [1.165, 1.54) is 0 Å². The number of rotatable bonds is 2. The summed E-state index contributed by atoms with van der Waals surface area (Å²) < 4.78 is 25.2. The maximum atomic E-state index is 12.6. The Balaban J connectivity index is 3.47. The van der Waals surface area contributed by atoms with Gasteiger partial charge in [-0.05, 0) is 0 Å². The predicted molar refractivity (Wildman–Crippen MR) is 38.2 cm³/mol. The standard InChI is InChI=1S/C6H2F2O4S/c7-3-1(5(9)10)2(6(11)12)4(8)13-3/h(H,9,10)(H,11,12). The highest BCUT2D eigenvalue weighted by molar-refractivity contribution is 7.09. The Morgan fingerprint density at radius 3 is 1.54 bits per heavy atom. The SMILES string of the molecule is O=C(O)c1c(F)sc(F)c1C(=O)O. The van der Waals surface area contributed by atoms with Crippen molar-refractivity contribution in [3.05, 3.63) is 21.4 Å². The highest BCUT2D eigenvalue weighted by Gasteiger charge is 2.28. The first-order valence-corrected chi connectivity index (χ1v) is 3.71. The van der Waals surface area contributed by atoms with Gasteiger partial charge in [-0.25, -0.2) is 9.59 Å². The smallest absolute Gasteiger partial charge is 0.340 e. The molecule has 0 aliphatic rings. The first kappa shape index (κ1) is 9.59. The average Bonchev–Trinajstić information content (AvgIpc) is 2.24. The van der Waals surface area contributed by atoms with Gasteiger partial charge >= 0.3 is 11.9 Å². The minimum atomic E-state index is -1.80. The van der Waals surface area contributed by atoms with E-state index >= 15 is 0 Å². The van der Waals surface area contributed by atoms with Crippen LogP contribution in [0.25, 0.3) is 0 Å². The van der Waals surface area contributed by atoms with Crippen molar-refractivity contribution in [3.8, 4) is 0 Å². The van der Waals surface area contributed by atoms with Gasteiger partial charge < -0.3 is 10.2 Å². The first-order chi connectivity index (χ1) is 5.95. The molecule has 1 heterocycles. The van der Waals surface area contributed by atoms with E-state index in [2.05, 4.69) is 0 Å². The van der Waals surface area contributed by atoms with Gasteiger partial charge in [0.1, 0.15) is 11.1 Å². The van der Waals surface area contributed by atoms with Crippen LogP contribution in [0.5, 0.6) is 0 Å². The van der Waals surface area contributed by atoms with E-state index in [4.69, 9.17) is 10.2 Å². The lowest BCUT2D eigenvalue weighted by molar-refractivity contribution is 0.0645. The molecule has 0 bridgehead atoms. The van der Waals surface area contributed by atoms with E-state index in [9.17, 15) is 18.4 Å². The Morgan fingerprint density at radius 2 is 1.31 bits per heavy atom. The van der Waals surface area contributed by atoms with Crippen LogP contribution in [0.1, 0.15) is 20.7 Å². The molecular formula is C6H2F2O4S. The molecule has 0 aliphatic heterocycles. The van der Waals surface area contributed by atoms with Gasteiger partial charge in [-0.3, -0.25) is 0 Å². The fourth-order valence-electron chi connectivity index (χ4n) is 0.759. The molecule has 0 amide bonds. The molecule has 1 aromatic rings. The molecule has 4 nitrogen and oxygen atoms in total. The Hall–Kier alpha value is -1.50. The van der Waals surface area contributed by atoms with E-state index in [1.54, 1.807) is 0 Å². The van der Waals surface area contributed by atoms with Gasteiger partial charge in [0, 0.05) is 0 Å². The van der Waals surface area contributed by atoms with Crippen LogP contribution in [-0.2, 0) is 0 Å². The van der Waals surface area contributed by atoms with Crippen molar-refractivity contribution >= 4 is 23.3 Å². The molecule has 0 spiro atoms. The van der Waals surface area contributed by atoms with Gasteiger partial charge in [-0.2, -0.15) is 8.78 Å². The van der Waals surface area contributed by atoms with Crippen molar-refractivity contribution in [2.75, 3.05) is 0 Å². The number of aromatic carboxylic acids is 2. The van der Waals surface area contributed by atoms with Crippen molar-refractivity contribution < 1.29 is 28.6 Å². The summed E-state index contributed by atoms with van der Waals surface area (Å²) in [6, 6.07) is 0. The maximum Gasteiger partial charge on any atom is 0.340 e. The number of carbonyl (C=O) groups is 2. The lowest BCUT2D eigenvalue weighted by Crippen LogP contribution is -2.07. The third kappa shape index (κ3) is 1.50. The second-order valence-electron chi connectivity index (χ2n) is 2.01. The molecule has 1 rings (SSSR count). The molecule has 0 fully saturated rings. The molecule has 2 N–H and O–H groups in total. The molecule has 70 valence electrons. The molecular weight excluding hydrogens is 206 g/mol. The zero-order chi connectivity index (χ0) is 10.2. The summed E-state index contributed by atoms with van der Waals surface area (Å²) in [5.41, 5.74) is -2.26. The number of hydrogen-bond acceptors (Lipinski definition) is 3. The van der Waals surface area contributed by atoms with Crippen LogP contribution in [0.4, 0.5) is 8.78 Å². The number of carboxylic acids is 2. The summed E-state index contributed by atoms with van der Waals surface area (Å²) in [5.74, 6) is -3.59. The Labute approximate surface area is 74.0 Å². The maximum absolute atomic E-state index is 12.6. The topological polar surface area (TPSA) is 74.6 Å². The molecule has 0 aromatic carbocycles. The van der Waals surface area contributed by atoms with E-state index < -0.39 is 33.3 Å². The fraction of sp³-hybridized carbons (Fsp3) is 0. The van der Waals surface area contributed by atoms with Crippen LogP contribution in [0.15, 0.2) is 0 Å². The van der Waals surface area contributed by atoms with Crippen molar-refractivity contribution in [2.45, 2.75) is 0 Å². The molecule has 1 aromatic heterocycles. The Kier molecular flexibility index (Phi) is 2.28. The van der Waals surface area contributed by atoms with Crippen LogP contribution < -0.4 is 0 Å². The van der Waals surface area contributed by atoms with Crippen LogP contribution in [-0.4, -0.2) is 22.2 Å². The third-order valence-corrected chi connectivity index (χ3v) is 2.02. The molecule has 7 heteroatoms. The van der Waals surface area contributed by atoms with Crippen molar-refractivity contribution in [2.24, 2.45) is 0 Å². The average molecular weight is 208 g/mol. The van der Waals surface area contributed by atoms with Gasteiger partial charge in [-0.15, -0.1) is 0 Å². The Morgan fingerprint density at radius 1 is 1.00 bits per heavy atom. The zero-order valence-corrected chi connectivity index (χ0v) is 6.69. The normalized spacial score (nSPS) is 10.0. The monoisotopic (exact) mass is 208 g/mol. The van der Waals surface area contributed by atoms with E-state index in [0.717, 1.165) is 0 Å². The van der Waals surface area contributed by atoms with Crippen LogP contribution in [0.2, 0.25) is 0 Å². The van der Waals surface area contributed by atoms with E-state index in [0.29, 0.717) is 0 Å². The van der Waals surface area contributed by atoms with Crippen LogP contribution >= 0.6 is 11.3 Å². The third-order valence-electron chi connectivity index (χ3n) is 1.25. The lowest BCUT2D eigenvalue weighted by atomic mass is 10.2. The molecule has 0 aliphatic carbocycles. The number of hydrogen-bond donors (Lipinski definition) is 2. The van der Waals surface area contributed by atoms with Gasteiger partial charge in [0.2, 0.25) is 0 Å². The molecule has 0 unspecified atom stereocenters. The lowest BCUT2D eigenvalue weighted by Gasteiger charge is -1.92. The van der Waals surface area contributed by atoms with E-state index in [1.807, 2.05) is 0 Å². The van der Waals surface area contributed by atoms with Crippen molar-refractivity contribution in [1.82, 2.24) is 0 Å². The number of thiophene rings is 1. The summed E-state index contributed by atoms with van der Waals surface area (Å²) in [7, 11) is 0. The summed E-state index contributed by atoms with van der Waals surface area (Å²) in [6.07, 6.45) is 0. The number of halogens is 2. The van der Waals surface area contributed by atoms with Crippen LogP contribution in [0, 0.1) is 10.3 Å². The minimum absolute atomic E-state index is 0.143. The minimum Gasteiger partial charge on any atom is -0.478 e. The zero-order valence-electron chi connectivity index (χ0n) is 5.88. The highest BCUT2D eigenvalue weighted by atomic mass is 32.1. The van der Waals surface area contributed by atoms with Gasteiger partial charge in [-0.1, -0.05) is 11.3 Å². The summed E-state index contributed by atoms with van der Waals surface area (Å²) in [4.78, 5) is 20.6. The predicted octanol–water partition coefficient (Wildman–Crippen LogP) is 1.42. The van der Waals surface area contributed by atoms with Crippen molar-refractivity contribution in [3.63, 3.8) is 0 Å². The fourth-order valence-corrected chi connectivity index (χ4v) is 1.50. The quantitative estimate of drug-likeness (QED) is 0.770. The molecule has 0 radical (unpaired) electrons. The van der Waals surface area contributed by atoms with Crippen molar-refractivity contribution in [1.29, 1.82) is 0 Å². The molecule has 0 saturated heterocycles. The number of carboxylic acid groups (broad SMARTS) is 2. The van der Waals surface area contributed by atoms with Gasteiger partial charge in [0.05, 0.1) is 0 Å². The summed E-state index contributed by atoms with van der Waals surface area (Å²) in [6.45, 7) is 0. The Bertz CT molecular complexity index is 350. The molecule has 0 atom stereocenters. The summed E-state index contributed by atoms with van der Waals surface area (Å²) >= 11 is -0.143.